The van der Waals surface area contributed by atoms with E-state index < -0.39 is 12.0 Å². The molecular formula is C31H43N3O5. The van der Waals surface area contributed by atoms with Gasteiger partial charge in [-0.15, -0.1) is 0 Å². The summed E-state index contributed by atoms with van der Waals surface area (Å²) in [6.07, 6.45) is 2.98. The lowest BCUT2D eigenvalue weighted by atomic mass is 9.83. The fourth-order valence-corrected chi connectivity index (χ4v) is 6.25. The molecule has 2 heterocycles. The molecule has 8 nitrogen and oxygen atoms in total. The maximum atomic E-state index is 13.7. The fourth-order valence-electron chi connectivity index (χ4n) is 6.25. The summed E-state index contributed by atoms with van der Waals surface area (Å²) in [5.41, 5.74) is 1.55. The number of carbonyl (C=O) groups is 2. The molecule has 2 saturated heterocycles. The van der Waals surface area contributed by atoms with Gasteiger partial charge in [-0.25, -0.2) is 0 Å². The molecule has 39 heavy (non-hydrogen) atoms. The quantitative estimate of drug-likeness (QED) is 0.444. The zero-order valence-electron chi connectivity index (χ0n) is 23.9. The smallest absolute Gasteiger partial charge is 0.227 e. The Labute approximate surface area is 232 Å². The van der Waals surface area contributed by atoms with Crippen LogP contribution in [-0.2, 0) is 9.59 Å². The summed E-state index contributed by atoms with van der Waals surface area (Å²) >= 11 is 0. The molecule has 4 unspecified atom stereocenters. The first-order valence-corrected chi connectivity index (χ1v) is 14.0. The molecule has 2 fully saturated rings. The summed E-state index contributed by atoms with van der Waals surface area (Å²) in [5, 5.41) is 3.19. The standard InChI is InChI=1S/C31H43N3O5/c1-21-17-22(2)20-33(19-21)16-6-15-32-31(36)26-12-14-29(35)34(24-8-10-25(37-3)11-9-24)30(26)23-7-13-27(38-4)28(18-23)39-5/h7-11,13,18,21-22,26,30H,6,12,14-17,19-20H2,1-5H3,(H,32,36). The minimum Gasteiger partial charge on any atom is -0.497 e. The van der Waals surface area contributed by atoms with Gasteiger partial charge in [0.1, 0.15) is 5.75 Å². The van der Waals surface area contributed by atoms with Gasteiger partial charge in [0.15, 0.2) is 11.5 Å². The van der Waals surface area contributed by atoms with Crippen LogP contribution in [0.1, 0.15) is 51.1 Å². The van der Waals surface area contributed by atoms with E-state index in [2.05, 4.69) is 24.1 Å². The van der Waals surface area contributed by atoms with Gasteiger partial charge in [-0.1, -0.05) is 19.9 Å². The molecule has 8 heteroatoms. The van der Waals surface area contributed by atoms with Gasteiger partial charge in [-0.05, 0) is 79.6 Å². The number of hydrogen-bond donors (Lipinski definition) is 1. The van der Waals surface area contributed by atoms with Gasteiger partial charge in [-0.3, -0.25) is 9.59 Å². The Balaban J connectivity index is 1.55. The molecule has 4 atom stereocenters. The van der Waals surface area contributed by atoms with E-state index in [1.807, 2.05) is 42.5 Å². The van der Waals surface area contributed by atoms with Gasteiger partial charge < -0.3 is 29.3 Å². The summed E-state index contributed by atoms with van der Waals surface area (Å²) in [4.78, 5) is 31.3. The molecule has 0 spiro atoms. The average molecular weight is 538 g/mol. The predicted molar refractivity (Wildman–Crippen MR) is 153 cm³/mol. The minimum absolute atomic E-state index is 0.0164. The van der Waals surface area contributed by atoms with Crippen LogP contribution >= 0.6 is 0 Å². The van der Waals surface area contributed by atoms with E-state index in [1.54, 1.807) is 26.2 Å². The maximum Gasteiger partial charge on any atom is 0.227 e. The maximum absolute atomic E-state index is 13.7. The minimum atomic E-state index is -0.483. The van der Waals surface area contributed by atoms with Crippen molar-refractivity contribution < 1.29 is 23.8 Å². The Morgan fingerprint density at radius 1 is 0.949 bits per heavy atom. The second kappa shape index (κ2) is 13.2. The van der Waals surface area contributed by atoms with Gasteiger partial charge in [0.2, 0.25) is 11.8 Å². The number of benzene rings is 2. The van der Waals surface area contributed by atoms with Crippen LogP contribution in [0.5, 0.6) is 17.2 Å². The lowest BCUT2D eigenvalue weighted by Crippen LogP contribution is -2.48. The number of carbonyl (C=O) groups excluding carboxylic acids is 2. The third-order valence-electron chi connectivity index (χ3n) is 7.93. The first-order chi connectivity index (χ1) is 18.8. The van der Waals surface area contributed by atoms with Gasteiger partial charge in [0.25, 0.3) is 0 Å². The monoisotopic (exact) mass is 537 g/mol. The predicted octanol–water partition coefficient (Wildman–Crippen LogP) is 4.68. The van der Waals surface area contributed by atoms with Crippen LogP contribution in [0.3, 0.4) is 0 Å². The number of hydrogen-bond acceptors (Lipinski definition) is 6. The Kier molecular flexibility index (Phi) is 9.73. The number of likely N-dealkylation sites (tertiary alicyclic amines) is 1. The number of nitrogens with one attached hydrogen (secondary N) is 1. The average Bonchev–Trinajstić information content (AvgIpc) is 2.94. The Bertz CT molecular complexity index is 1110. The van der Waals surface area contributed by atoms with E-state index >= 15 is 0 Å². The highest BCUT2D eigenvalue weighted by Crippen LogP contribution is 2.42. The number of piperidine rings is 2. The summed E-state index contributed by atoms with van der Waals surface area (Å²) < 4.78 is 16.3. The van der Waals surface area contributed by atoms with E-state index in [4.69, 9.17) is 14.2 Å². The van der Waals surface area contributed by atoms with Crippen molar-refractivity contribution in [1.29, 1.82) is 0 Å². The lowest BCUT2D eigenvalue weighted by Gasteiger charge is -2.41. The molecule has 2 aromatic carbocycles. The van der Waals surface area contributed by atoms with Crippen LogP contribution in [0, 0.1) is 17.8 Å². The molecule has 2 amide bonds. The molecule has 2 aromatic rings. The van der Waals surface area contributed by atoms with Gasteiger partial charge in [0, 0.05) is 31.7 Å². The van der Waals surface area contributed by atoms with Crippen molar-refractivity contribution in [2.75, 3.05) is 52.4 Å². The largest absolute Gasteiger partial charge is 0.497 e. The second-order valence-corrected chi connectivity index (χ2v) is 11.0. The molecule has 212 valence electrons. The number of rotatable bonds is 10. The molecular weight excluding hydrogens is 494 g/mol. The highest BCUT2D eigenvalue weighted by Gasteiger charge is 2.41. The first-order valence-electron chi connectivity index (χ1n) is 14.0. The Hall–Kier alpha value is -3.26. The SMILES string of the molecule is COc1ccc(N2C(=O)CCC(C(=O)NCCCN3CC(C)CC(C)C3)C2c2ccc(OC)c(OC)c2)cc1. The molecule has 2 aliphatic heterocycles. The number of anilines is 1. The molecule has 4 rings (SSSR count). The van der Waals surface area contributed by atoms with E-state index in [9.17, 15) is 9.59 Å². The lowest BCUT2D eigenvalue weighted by molar-refractivity contribution is -0.129. The zero-order valence-corrected chi connectivity index (χ0v) is 23.9. The summed E-state index contributed by atoms with van der Waals surface area (Å²) in [7, 11) is 4.79. The molecule has 2 aliphatic rings. The first kappa shape index (κ1) is 28.7. The van der Waals surface area contributed by atoms with Crippen molar-refractivity contribution in [3.8, 4) is 17.2 Å². The number of ether oxygens (including phenoxy) is 3. The molecule has 0 radical (unpaired) electrons. The van der Waals surface area contributed by atoms with Crippen LogP contribution < -0.4 is 24.4 Å². The van der Waals surface area contributed by atoms with Gasteiger partial charge in [-0.2, -0.15) is 0 Å². The van der Waals surface area contributed by atoms with Crippen molar-refractivity contribution in [3.63, 3.8) is 0 Å². The third kappa shape index (κ3) is 6.85. The van der Waals surface area contributed by atoms with E-state index in [-0.39, 0.29) is 11.8 Å². The Morgan fingerprint density at radius 2 is 1.64 bits per heavy atom. The van der Waals surface area contributed by atoms with Gasteiger partial charge >= 0.3 is 0 Å². The van der Waals surface area contributed by atoms with Gasteiger partial charge in [0.05, 0.1) is 33.3 Å². The van der Waals surface area contributed by atoms with E-state index in [0.717, 1.165) is 37.3 Å². The van der Waals surface area contributed by atoms with Crippen molar-refractivity contribution >= 4 is 17.5 Å². The molecule has 1 N–H and O–H groups in total. The fraction of sp³-hybridized carbons (Fsp3) is 0.548. The highest BCUT2D eigenvalue weighted by atomic mass is 16.5. The van der Waals surface area contributed by atoms with E-state index in [0.29, 0.717) is 48.5 Å². The third-order valence-corrected chi connectivity index (χ3v) is 7.93. The van der Waals surface area contributed by atoms with E-state index in [1.165, 1.54) is 6.42 Å². The van der Waals surface area contributed by atoms with Crippen LogP contribution in [0.25, 0.3) is 0 Å². The number of methoxy groups -OCH3 is 3. The summed E-state index contributed by atoms with van der Waals surface area (Å²) in [5.74, 6) is 2.85. The van der Waals surface area contributed by atoms with Crippen LogP contribution in [0.2, 0.25) is 0 Å². The topological polar surface area (TPSA) is 80.3 Å². The number of nitrogens with zero attached hydrogens (tertiary/aromatic N) is 2. The van der Waals surface area contributed by atoms with Crippen molar-refractivity contribution in [2.24, 2.45) is 17.8 Å². The molecule has 0 bridgehead atoms. The molecule has 0 saturated carbocycles. The van der Waals surface area contributed by atoms with Crippen molar-refractivity contribution in [1.82, 2.24) is 10.2 Å². The van der Waals surface area contributed by atoms with Crippen molar-refractivity contribution in [3.05, 3.63) is 48.0 Å². The molecule has 0 aromatic heterocycles. The number of amides is 2. The van der Waals surface area contributed by atoms with Crippen molar-refractivity contribution in [2.45, 2.75) is 45.6 Å². The summed E-state index contributed by atoms with van der Waals surface area (Å²) in [6, 6.07) is 12.5. The Morgan fingerprint density at radius 3 is 2.28 bits per heavy atom. The molecule has 0 aliphatic carbocycles. The van der Waals surface area contributed by atoms with Crippen LogP contribution in [-0.4, -0.2) is 64.2 Å². The summed E-state index contributed by atoms with van der Waals surface area (Å²) in [6.45, 7) is 8.48. The second-order valence-electron chi connectivity index (χ2n) is 11.0. The normalized spacial score (nSPS) is 23.8. The van der Waals surface area contributed by atoms with Crippen LogP contribution in [0.15, 0.2) is 42.5 Å². The van der Waals surface area contributed by atoms with Crippen LogP contribution in [0.4, 0.5) is 5.69 Å². The zero-order chi connectivity index (χ0) is 27.9. The highest BCUT2D eigenvalue weighted by molar-refractivity contribution is 5.97.